The number of nitrogens with one attached hydrogen (secondary N) is 2. The molecule has 0 atom stereocenters. The van der Waals surface area contributed by atoms with E-state index in [9.17, 15) is 0 Å². The lowest BCUT2D eigenvalue weighted by atomic mass is 10.3. The maximum absolute atomic E-state index is 4.26. The van der Waals surface area contributed by atoms with Crippen LogP contribution < -0.4 is 10.6 Å². The van der Waals surface area contributed by atoms with Gasteiger partial charge in [-0.2, -0.15) is 0 Å². The lowest BCUT2D eigenvalue weighted by Crippen LogP contribution is -2.36. The van der Waals surface area contributed by atoms with E-state index in [0.29, 0.717) is 6.54 Å². The molecule has 2 aromatic rings. The summed E-state index contributed by atoms with van der Waals surface area (Å²) in [6.07, 6.45) is 1.79. The van der Waals surface area contributed by atoms with Crippen molar-refractivity contribution in [2.24, 2.45) is 4.99 Å². The molecule has 0 amide bonds. The van der Waals surface area contributed by atoms with Crippen LogP contribution in [0, 0.1) is 6.92 Å². The molecule has 20 heavy (non-hydrogen) atoms. The van der Waals surface area contributed by atoms with Crippen LogP contribution in [0.15, 0.2) is 34.9 Å². The predicted molar refractivity (Wildman–Crippen MR) is 93.5 cm³/mol. The van der Waals surface area contributed by atoms with Crippen LogP contribution in [0.3, 0.4) is 0 Å². The maximum Gasteiger partial charge on any atom is 0.191 e. The number of hydrogen-bond donors (Lipinski definition) is 2. The Morgan fingerprint density at radius 1 is 1.25 bits per heavy atom. The van der Waals surface area contributed by atoms with Crippen LogP contribution in [0.1, 0.15) is 16.3 Å². The van der Waals surface area contributed by atoms with Crippen molar-refractivity contribution in [3.05, 3.63) is 46.2 Å². The van der Waals surface area contributed by atoms with Gasteiger partial charge in [0.05, 0.1) is 30.0 Å². The average Bonchev–Trinajstić information content (AvgIpc) is 2.86. The molecule has 0 saturated carbocycles. The summed E-state index contributed by atoms with van der Waals surface area (Å²) in [7, 11) is 1.76. The third kappa shape index (κ3) is 5.04. The number of thiazole rings is 1. The van der Waals surface area contributed by atoms with Crippen molar-refractivity contribution in [3.63, 3.8) is 0 Å². The Labute approximate surface area is 140 Å². The van der Waals surface area contributed by atoms with E-state index >= 15 is 0 Å². The second-order valence-corrected chi connectivity index (χ2v) is 4.90. The van der Waals surface area contributed by atoms with Gasteiger partial charge in [0, 0.05) is 18.1 Å². The molecule has 2 heterocycles. The summed E-state index contributed by atoms with van der Waals surface area (Å²) in [5.74, 6) is 0.762. The lowest BCUT2D eigenvalue weighted by molar-refractivity contribution is 0.796. The van der Waals surface area contributed by atoms with Gasteiger partial charge < -0.3 is 10.6 Å². The molecule has 0 aromatic carbocycles. The van der Waals surface area contributed by atoms with Crippen LogP contribution in [0.5, 0.6) is 0 Å². The van der Waals surface area contributed by atoms with Gasteiger partial charge in [-0.3, -0.25) is 9.98 Å². The minimum absolute atomic E-state index is 0. The molecule has 0 spiro atoms. The number of guanidine groups is 1. The lowest BCUT2D eigenvalue weighted by Gasteiger charge is -2.11. The standard InChI is InChI=1S/C13H17N5S.HI/c1-10-12(19-9-18-10)8-17-13(14-2)16-7-11-5-3-4-6-15-11;/h3-6,9H,7-8H2,1-2H3,(H2,14,16,17);1H. The highest BCUT2D eigenvalue weighted by atomic mass is 127. The predicted octanol–water partition coefficient (Wildman–Crippen LogP) is 2.33. The van der Waals surface area contributed by atoms with Crippen molar-refractivity contribution in [1.29, 1.82) is 0 Å². The van der Waals surface area contributed by atoms with Gasteiger partial charge in [-0.15, -0.1) is 35.3 Å². The van der Waals surface area contributed by atoms with Gasteiger partial charge >= 0.3 is 0 Å². The normalized spacial score (nSPS) is 10.8. The molecule has 7 heteroatoms. The van der Waals surface area contributed by atoms with Gasteiger partial charge in [0.15, 0.2) is 5.96 Å². The smallest absolute Gasteiger partial charge is 0.191 e. The fourth-order valence-electron chi connectivity index (χ4n) is 1.56. The van der Waals surface area contributed by atoms with E-state index in [2.05, 4.69) is 25.6 Å². The largest absolute Gasteiger partial charge is 0.351 e. The van der Waals surface area contributed by atoms with E-state index in [4.69, 9.17) is 0 Å². The fourth-order valence-corrected chi connectivity index (χ4v) is 2.27. The minimum Gasteiger partial charge on any atom is -0.351 e. The average molecular weight is 403 g/mol. The number of pyridine rings is 1. The van der Waals surface area contributed by atoms with E-state index in [0.717, 1.165) is 23.9 Å². The van der Waals surface area contributed by atoms with Gasteiger partial charge in [-0.25, -0.2) is 4.98 Å². The summed E-state index contributed by atoms with van der Waals surface area (Å²) in [5.41, 5.74) is 3.91. The zero-order chi connectivity index (χ0) is 13.5. The molecule has 2 rings (SSSR count). The van der Waals surface area contributed by atoms with Crippen molar-refractivity contribution in [1.82, 2.24) is 20.6 Å². The topological polar surface area (TPSA) is 62.2 Å². The number of aryl methyl sites for hydroxylation is 1. The number of aromatic nitrogens is 2. The number of halogens is 1. The molecular formula is C13H18IN5S. The molecule has 2 N–H and O–H groups in total. The Bertz CT molecular complexity index is 541. The third-order valence-corrected chi connectivity index (χ3v) is 3.58. The van der Waals surface area contributed by atoms with Crippen LogP contribution in [0.25, 0.3) is 0 Å². The molecule has 0 fully saturated rings. The summed E-state index contributed by atoms with van der Waals surface area (Å²) in [5, 5.41) is 6.49. The van der Waals surface area contributed by atoms with Crippen LogP contribution in [0.2, 0.25) is 0 Å². The molecule has 0 aliphatic rings. The monoisotopic (exact) mass is 403 g/mol. The van der Waals surface area contributed by atoms with Crippen molar-refractivity contribution < 1.29 is 0 Å². The van der Waals surface area contributed by atoms with E-state index < -0.39 is 0 Å². The highest BCUT2D eigenvalue weighted by Gasteiger charge is 2.03. The fraction of sp³-hybridized carbons (Fsp3) is 0.308. The molecule has 5 nitrogen and oxygen atoms in total. The molecule has 0 saturated heterocycles. The van der Waals surface area contributed by atoms with Crippen molar-refractivity contribution in [3.8, 4) is 0 Å². The zero-order valence-electron chi connectivity index (χ0n) is 11.5. The highest BCUT2D eigenvalue weighted by Crippen LogP contribution is 2.10. The maximum atomic E-state index is 4.26. The Morgan fingerprint density at radius 2 is 2.05 bits per heavy atom. The molecular weight excluding hydrogens is 385 g/mol. The minimum atomic E-state index is 0. The quantitative estimate of drug-likeness (QED) is 0.468. The van der Waals surface area contributed by atoms with Gasteiger partial charge in [0.1, 0.15) is 0 Å². The summed E-state index contributed by atoms with van der Waals surface area (Å²) >= 11 is 1.65. The Balaban J connectivity index is 0.00000200. The number of aliphatic imine (C=N–C) groups is 1. The summed E-state index contributed by atoms with van der Waals surface area (Å²) in [6.45, 7) is 3.40. The van der Waals surface area contributed by atoms with Crippen LogP contribution in [-0.2, 0) is 13.1 Å². The number of nitrogens with zero attached hydrogens (tertiary/aromatic N) is 3. The van der Waals surface area contributed by atoms with Crippen molar-refractivity contribution in [2.45, 2.75) is 20.0 Å². The molecule has 0 aliphatic carbocycles. The Kier molecular flexibility index (Phi) is 7.45. The Morgan fingerprint density at radius 3 is 2.65 bits per heavy atom. The number of hydrogen-bond acceptors (Lipinski definition) is 4. The zero-order valence-corrected chi connectivity index (χ0v) is 14.6. The van der Waals surface area contributed by atoms with Crippen LogP contribution in [-0.4, -0.2) is 23.0 Å². The van der Waals surface area contributed by atoms with Gasteiger partial charge in [0.25, 0.3) is 0 Å². The number of rotatable bonds is 4. The van der Waals surface area contributed by atoms with Gasteiger partial charge in [-0.1, -0.05) is 6.07 Å². The second-order valence-electron chi connectivity index (χ2n) is 3.96. The van der Waals surface area contributed by atoms with E-state index in [1.165, 1.54) is 4.88 Å². The van der Waals surface area contributed by atoms with E-state index in [1.807, 2.05) is 30.6 Å². The SMILES string of the molecule is CN=C(NCc1ccccn1)NCc1scnc1C.I. The molecule has 0 radical (unpaired) electrons. The molecule has 2 aromatic heterocycles. The first-order valence-electron chi connectivity index (χ1n) is 6.03. The first-order chi connectivity index (χ1) is 9.29. The van der Waals surface area contributed by atoms with E-state index in [1.54, 1.807) is 24.6 Å². The highest BCUT2D eigenvalue weighted by molar-refractivity contribution is 14.0. The summed E-state index contributed by atoms with van der Waals surface area (Å²) in [6, 6.07) is 5.86. The van der Waals surface area contributed by atoms with Gasteiger partial charge in [-0.05, 0) is 19.1 Å². The second kappa shape index (κ2) is 8.85. The van der Waals surface area contributed by atoms with Crippen LogP contribution in [0.4, 0.5) is 0 Å². The first-order valence-corrected chi connectivity index (χ1v) is 6.91. The van der Waals surface area contributed by atoms with Crippen molar-refractivity contribution in [2.75, 3.05) is 7.05 Å². The first kappa shape index (κ1) is 16.8. The molecule has 108 valence electrons. The van der Waals surface area contributed by atoms with Crippen LogP contribution >= 0.6 is 35.3 Å². The van der Waals surface area contributed by atoms with Crippen molar-refractivity contribution >= 4 is 41.3 Å². The van der Waals surface area contributed by atoms with Gasteiger partial charge in [0.2, 0.25) is 0 Å². The van der Waals surface area contributed by atoms with E-state index in [-0.39, 0.29) is 24.0 Å². The molecule has 0 aliphatic heterocycles. The Hall–Kier alpha value is -1.22. The summed E-state index contributed by atoms with van der Waals surface area (Å²) < 4.78 is 0. The molecule has 0 unspecified atom stereocenters. The third-order valence-electron chi connectivity index (χ3n) is 2.65. The molecule has 0 bridgehead atoms. The summed E-state index contributed by atoms with van der Waals surface area (Å²) in [4.78, 5) is 13.9.